The van der Waals surface area contributed by atoms with Crippen molar-refractivity contribution >= 4 is 16.3 Å². The van der Waals surface area contributed by atoms with Crippen molar-refractivity contribution in [1.29, 1.82) is 0 Å². The van der Waals surface area contributed by atoms with Crippen LogP contribution in [0.25, 0.3) is 0 Å². The van der Waals surface area contributed by atoms with Crippen LogP contribution in [-0.4, -0.2) is 52.4 Å². The maximum Gasteiger partial charge on any atom is 0.431 e. The summed E-state index contributed by atoms with van der Waals surface area (Å²) in [6, 6.07) is 8.25. The number of hydrogen-bond acceptors (Lipinski definition) is 3. The molecule has 0 radical (unpaired) electrons. The molecule has 0 amide bonds. The molecule has 0 aromatic heterocycles. The van der Waals surface area contributed by atoms with Gasteiger partial charge in [0.1, 0.15) is 5.75 Å². The molecule has 0 aliphatic heterocycles. The molecule has 0 aliphatic carbocycles. The van der Waals surface area contributed by atoms with Crippen molar-refractivity contribution in [2.24, 2.45) is 4.40 Å². The summed E-state index contributed by atoms with van der Waals surface area (Å²) < 4.78 is 32.0. The first-order chi connectivity index (χ1) is 8.32. The van der Waals surface area contributed by atoms with Gasteiger partial charge in [0.05, 0.1) is 0 Å². The lowest BCUT2D eigenvalue weighted by Gasteiger charge is -2.21. The van der Waals surface area contributed by atoms with Crippen LogP contribution in [0.4, 0.5) is 0 Å². The lowest BCUT2D eigenvalue weighted by Crippen LogP contribution is -2.36. The molecular formula is C11H17N3O3S. The molecule has 0 aliphatic rings. The Hall–Kier alpha value is -1.76. The second-order valence-electron chi connectivity index (χ2n) is 4.00. The van der Waals surface area contributed by atoms with Gasteiger partial charge in [-0.2, -0.15) is 8.42 Å². The monoisotopic (exact) mass is 271 g/mol. The topological polar surface area (TPSA) is 62.2 Å². The second-order valence-corrected chi connectivity index (χ2v) is 5.21. The summed E-state index contributed by atoms with van der Waals surface area (Å²) >= 11 is 0. The summed E-state index contributed by atoms with van der Waals surface area (Å²) in [7, 11) is 2.80. The molecule has 0 saturated carbocycles. The number of guanidine groups is 1. The van der Waals surface area contributed by atoms with Crippen molar-refractivity contribution in [1.82, 2.24) is 9.80 Å². The molecule has 0 fully saturated rings. The minimum absolute atomic E-state index is 0.234. The fourth-order valence-corrected chi connectivity index (χ4v) is 2.20. The van der Waals surface area contributed by atoms with Gasteiger partial charge in [-0.25, -0.2) is 0 Å². The largest absolute Gasteiger partial charge is 0.431 e. The van der Waals surface area contributed by atoms with Gasteiger partial charge in [0, 0.05) is 28.2 Å². The molecule has 0 heterocycles. The molecule has 0 saturated heterocycles. The first-order valence-electron chi connectivity index (χ1n) is 5.26. The highest BCUT2D eigenvalue weighted by Crippen LogP contribution is 2.12. The van der Waals surface area contributed by atoms with Gasteiger partial charge in [0.25, 0.3) is 0 Å². The van der Waals surface area contributed by atoms with E-state index < -0.39 is 10.3 Å². The van der Waals surface area contributed by atoms with Crippen molar-refractivity contribution < 1.29 is 12.6 Å². The van der Waals surface area contributed by atoms with Crippen molar-refractivity contribution in [3.8, 4) is 5.75 Å². The molecule has 0 unspecified atom stereocenters. The van der Waals surface area contributed by atoms with Gasteiger partial charge in [-0.1, -0.05) is 22.6 Å². The number of rotatable bonds is 3. The fourth-order valence-electron chi connectivity index (χ4n) is 1.28. The third kappa shape index (κ3) is 4.25. The van der Waals surface area contributed by atoms with E-state index in [9.17, 15) is 8.42 Å². The molecule has 7 heteroatoms. The molecule has 0 spiro atoms. The lowest BCUT2D eigenvalue weighted by atomic mass is 10.3. The van der Waals surface area contributed by atoms with Gasteiger partial charge in [0.2, 0.25) is 5.96 Å². The Morgan fingerprint density at radius 3 is 2.00 bits per heavy atom. The van der Waals surface area contributed by atoms with Crippen LogP contribution < -0.4 is 4.18 Å². The molecule has 1 aromatic rings. The average molecular weight is 271 g/mol. The molecule has 0 N–H and O–H groups in total. The van der Waals surface area contributed by atoms with Gasteiger partial charge < -0.3 is 14.0 Å². The van der Waals surface area contributed by atoms with Gasteiger partial charge in [0.15, 0.2) is 0 Å². The second kappa shape index (κ2) is 5.72. The Kier molecular flexibility index (Phi) is 4.55. The first-order valence-corrected chi connectivity index (χ1v) is 6.62. The Balaban J connectivity index is 2.97. The van der Waals surface area contributed by atoms with Crippen molar-refractivity contribution in [2.75, 3.05) is 28.2 Å². The zero-order valence-electron chi connectivity index (χ0n) is 10.9. The summed E-state index contributed by atoms with van der Waals surface area (Å²) in [6.07, 6.45) is 0. The van der Waals surface area contributed by atoms with Crippen LogP contribution in [0.1, 0.15) is 0 Å². The first kappa shape index (κ1) is 14.3. The highest BCUT2D eigenvalue weighted by molar-refractivity contribution is 7.85. The van der Waals surface area contributed by atoms with Gasteiger partial charge in [-0.3, -0.25) is 0 Å². The van der Waals surface area contributed by atoms with E-state index in [4.69, 9.17) is 4.18 Å². The van der Waals surface area contributed by atoms with E-state index in [0.29, 0.717) is 0 Å². The molecule has 0 bridgehead atoms. The lowest BCUT2D eigenvalue weighted by molar-refractivity contribution is 0.467. The zero-order chi connectivity index (χ0) is 13.8. The quantitative estimate of drug-likeness (QED) is 0.601. The maximum absolute atomic E-state index is 11.8. The van der Waals surface area contributed by atoms with E-state index in [0.717, 1.165) is 0 Å². The summed E-state index contributed by atoms with van der Waals surface area (Å²) in [5.74, 6) is 0.518. The molecule has 1 aromatic carbocycles. The van der Waals surface area contributed by atoms with E-state index >= 15 is 0 Å². The number of para-hydroxylation sites is 1. The van der Waals surface area contributed by atoms with Crippen LogP contribution >= 0.6 is 0 Å². The van der Waals surface area contributed by atoms with Crippen molar-refractivity contribution in [3.05, 3.63) is 30.3 Å². The minimum Gasteiger partial charge on any atom is -0.365 e. The van der Waals surface area contributed by atoms with Gasteiger partial charge in [-0.05, 0) is 12.1 Å². The zero-order valence-corrected chi connectivity index (χ0v) is 11.7. The van der Waals surface area contributed by atoms with Crippen molar-refractivity contribution in [3.63, 3.8) is 0 Å². The molecular weight excluding hydrogens is 254 g/mol. The Morgan fingerprint density at radius 2 is 1.56 bits per heavy atom. The highest BCUT2D eigenvalue weighted by atomic mass is 32.2. The third-order valence-corrected chi connectivity index (χ3v) is 2.73. The van der Waals surface area contributed by atoms with Crippen LogP contribution in [0.3, 0.4) is 0 Å². The van der Waals surface area contributed by atoms with E-state index in [1.54, 1.807) is 68.3 Å². The number of nitrogens with zero attached hydrogens (tertiary/aromatic N) is 3. The third-order valence-electron chi connectivity index (χ3n) is 1.94. The predicted molar refractivity (Wildman–Crippen MR) is 70.8 cm³/mol. The molecule has 0 atom stereocenters. The molecule has 18 heavy (non-hydrogen) atoms. The van der Waals surface area contributed by atoms with Gasteiger partial charge >= 0.3 is 10.3 Å². The number of benzene rings is 1. The highest BCUT2D eigenvalue weighted by Gasteiger charge is 2.15. The minimum atomic E-state index is -4.02. The average Bonchev–Trinajstić information content (AvgIpc) is 2.26. The van der Waals surface area contributed by atoms with Gasteiger partial charge in [-0.15, -0.1) is 0 Å². The summed E-state index contributed by atoms with van der Waals surface area (Å²) in [5, 5.41) is 0. The van der Waals surface area contributed by atoms with Crippen LogP contribution in [0.15, 0.2) is 34.7 Å². The smallest absolute Gasteiger partial charge is 0.365 e. The van der Waals surface area contributed by atoms with E-state index in [1.807, 2.05) is 0 Å². The predicted octanol–water partition coefficient (Wildman–Crippen LogP) is 0.789. The Bertz CT molecular complexity index is 500. The van der Waals surface area contributed by atoms with Crippen LogP contribution in [0.5, 0.6) is 5.75 Å². The van der Waals surface area contributed by atoms with E-state index in [1.165, 1.54) is 0 Å². The summed E-state index contributed by atoms with van der Waals surface area (Å²) in [4.78, 5) is 3.18. The van der Waals surface area contributed by atoms with Crippen molar-refractivity contribution in [2.45, 2.75) is 0 Å². The SMILES string of the molecule is CN(C)C(=NS(=O)(=O)Oc1ccccc1)N(C)C. The Labute approximate surface area is 108 Å². The van der Waals surface area contributed by atoms with Crippen LogP contribution in [0, 0.1) is 0 Å². The molecule has 6 nitrogen and oxygen atoms in total. The van der Waals surface area contributed by atoms with E-state index in [-0.39, 0.29) is 11.7 Å². The summed E-state index contributed by atoms with van der Waals surface area (Å²) in [5.41, 5.74) is 0. The van der Waals surface area contributed by atoms with E-state index in [2.05, 4.69) is 4.40 Å². The molecule has 100 valence electrons. The molecule has 1 rings (SSSR count). The van der Waals surface area contributed by atoms with Crippen LogP contribution in [0.2, 0.25) is 0 Å². The standard InChI is InChI=1S/C11H17N3O3S/c1-13(2)11(14(3)4)12-18(15,16)17-10-8-6-5-7-9-10/h5-9H,1-4H3. The normalized spacial score (nSPS) is 10.7. The maximum atomic E-state index is 11.8. The van der Waals surface area contributed by atoms with Crippen LogP contribution in [-0.2, 0) is 10.3 Å². The summed E-state index contributed by atoms with van der Waals surface area (Å²) in [6.45, 7) is 0. The Morgan fingerprint density at radius 1 is 1.06 bits per heavy atom. The fraction of sp³-hybridized carbons (Fsp3) is 0.364. The number of hydrogen-bond donors (Lipinski definition) is 0.